The number of hydrogen-bond donors (Lipinski definition) is 1. The summed E-state index contributed by atoms with van der Waals surface area (Å²) in [6, 6.07) is 4.08. The number of halogens is 2. The number of piperidine rings is 1. The molecule has 122 valence electrons. The quantitative estimate of drug-likeness (QED) is 0.917. The maximum atomic E-state index is 13.8. The number of amides is 1. The maximum absolute atomic E-state index is 13.8. The summed E-state index contributed by atoms with van der Waals surface area (Å²) in [5, 5.41) is 3.16. The molecule has 22 heavy (non-hydrogen) atoms. The van der Waals surface area contributed by atoms with Gasteiger partial charge in [0.25, 0.3) is 5.91 Å². The molecule has 3 atom stereocenters. The van der Waals surface area contributed by atoms with Crippen LogP contribution in [0, 0.1) is 17.7 Å². The summed E-state index contributed by atoms with van der Waals surface area (Å²) in [4.78, 5) is 14.5. The Kier molecular flexibility index (Phi) is 5.81. The molecule has 3 nitrogen and oxygen atoms in total. The number of nitrogens with zero attached hydrogens (tertiary/aromatic N) is 1. The second kappa shape index (κ2) is 7.42. The molecule has 1 aromatic carbocycles. The first-order valence-electron chi connectivity index (χ1n) is 7.83. The SMILES string of the molecule is C[C@@H]1C[C@@H](C)CN(C[C@H](C)NC(=O)c2ccc(Cl)cc2F)C1. The van der Waals surface area contributed by atoms with E-state index in [0.29, 0.717) is 16.9 Å². The first-order valence-corrected chi connectivity index (χ1v) is 8.21. The van der Waals surface area contributed by atoms with Crippen molar-refractivity contribution < 1.29 is 9.18 Å². The average Bonchev–Trinajstić information content (AvgIpc) is 2.36. The summed E-state index contributed by atoms with van der Waals surface area (Å²) in [5.74, 6) is 0.387. The van der Waals surface area contributed by atoms with Crippen LogP contribution in [0.5, 0.6) is 0 Å². The Balaban J connectivity index is 1.91. The lowest BCUT2D eigenvalue weighted by atomic mass is 9.92. The Hall–Kier alpha value is -1.13. The fourth-order valence-electron chi connectivity index (χ4n) is 3.35. The number of carbonyl (C=O) groups excluding carboxylic acids is 1. The lowest BCUT2D eigenvalue weighted by molar-refractivity contribution is 0.0901. The molecule has 1 heterocycles. The highest BCUT2D eigenvalue weighted by Crippen LogP contribution is 2.21. The molecule has 0 spiro atoms. The third-order valence-corrected chi connectivity index (χ3v) is 4.26. The molecule has 0 saturated carbocycles. The molecule has 0 aromatic heterocycles. The van der Waals surface area contributed by atoms with Crippen molar-refractivity contribution in [2.24, 2.45) is 11.8 Å². The van der Waals surface area contributed by atoms with E-state index in [9.17, 15) is 9.18 Å². The minimum absolute atomic E-state index is 0.0277. The predicted octanol–water partition coefficient (Wildman–Crippen LogP) is 3.58. The lowest BCUT2D eigenvalue weighted by Crippen LogP contribution is -2.47. The van der Waals surface area contributed by atoms with E-state index >= 15 is 0 Å². The Morgan fingerprint density at radius 3 is 2.64 bits per heavy atom. The lowest BCUT2D eigenvalue weighted by Gasteiger charge is -2.36. The van der Waals surface area contributed by atoms with Crippen LogP contribution >= 0.6 is 11.6 Å². The molecule has 0 aliphatic carbocycles. The fraction of sp³-hybridized carbons (Fsp3) is 0.588. The smallest absolute Gasteiger partial charge is 0.254 e. The summed E-state index contributed by atoms with van der Waals surface area (Å²) >= 11 is 5.71. The van der Waals surface area contributed by atoms with Crippen LogP contribution in [0.4, 0.5) is 4.39 Å². The number of likely N-dealkylation sites (tertiary alicyclic amines) is 1. The summed E-state index contributed by atoms with van der Waals surface area (Å²) in [7, 11) is 0. The number of benzene rings is 1. The highest BCUT2D eigenvalue weighted by molar-refractivity contribution is 6.30. The van der Waals surface area contributed by atoms with Gasteiger partial charge >= 0.3 is 0 Å². The van der Waals surface area contributed by atoms with E-state index in [0.717, 1.165) is 25.7 Å². The number of carbonyl (C=O) groups is 1. The highest BCUT2D eigenvalue weighted by atomic mass is 35.5. The third-order valence-electron chi connectivity index (χ3n) is 4.03. The minimum atomic E-state index is -0.586. The van der Waals surface area contributed by atoms with E-state index in [2.05, 4.69) is 24.1 Å². The van der Waals surface area contributed by atoms with Gasteiger partial charge in [-0.3, -0.25) is 4.79 Å². The molecule has 5 heteroatoms. The van der Waals surface area contributed by atoms with Crippen molar-refractivity contribution in [3.05, 3.63) is 34.6 Å². The number of hydrogen-bond acceptors (Lipinski definition) is 2. The molecule has 0 unspecified atom stereocenters. The molecular weight excluding hydrogens is 303 g/mol. The van der Waals surface area contributed by atoms with Gasteiger partial charge in [-0.15, -0.1) is 0 Å². The van der Waals surface area contributed by atoms with Crippen LogP contribution in [0.25, 0.3) is 0 Å². The van der Waals surface area contributed by atoms with Gasteiger partial charge in [-0.05, 0) is 43.4 Å². The second-order valence-corrected chi connectivity index (χ2v) is 7.10. The van der Waals surface area contributed by atoms with Gasteiger partial charge in [-0.2, -0.15) is 0 Å². The first-order chi connectivity index (χ1) is 10.3. The Morgan fingerprint density at radius 1 is 1.41 bits per heavy atom. The third kappa shape index (κ3) is 4.68. The molecule has 1 aliphatic heterocycles. The molecule has 1 saturated heterocycles. The molecular formula is C17H24ClFN2O. The normalized spacial score (nSPS) is 24.0. The topological polar surface area (TPSA) is 32.3 Å². The average molecular weight is 327 g/mol. The van der Waals surface area contributed by atoms with Crippen molar-refractivity contribution >= 4 is 17.5 Å². The summed E-state index contributed by atoms with van der Waals surface area (Å²) in [5.41, 5.74) is 0.0385. The number of rotatable bonds is 4. The predicted molar refractivity (Wildman–Crippen MR) is 87.7 cm³/mol. The Bertz CT molecular complexity index is 527. The maximum Gasteiger partial charge on any atom is 0.254 e. The van der Waals surface area contributed by atoms with Gasteiger partial charge < -0.3 is 10.2 Å². The summed E-state index contributed by atoms with van der Waals surface area (Å²) in [6.45, 7) is 9.37. The minimum Gasteiger partial charge on any atom is -0.348 e. The van der Waals surface area contributed by atoms with Crippen LogP contribution in [-0.2, 0) is 0 Å². The van der Waals surface area contributed by atoms with E-state index in [-0.39, 0.29) is 17.5 Å². The Labute approximate surface area is 136 Å². The van der Waals surface area contributed by atoms with Gasteiger partial charge in [0.15, 0.2) is 0 Å². The van der Waals surface area contributed by atoms with E-state index in [1.54, 1.807) is 0 Å². The van der Waals surface area contributed by atoms with Crippen molar-refractivity contribution in [2.45, 2.75) is 33.2 Å². The van der Waals surface area contributed by atoms with Crippen LogP contribution in [0.2, 0.25) is 5.02 Å². The van der Waals surface area contributed by atoms with Crippen molar-refractivity contribution in [3.8, 4) is 0 Å². The molecule has 2 rings (SSSR count). The molecule has 1 amide bonds. The van der Waals surface area contributed by atoms with Crippen LogP contribution in [-0.4, -0.2) is 36.5 Å². The standard InChI is InChI=1S/C17H24ClFN2O/c1-11-6-12(2)9-21(8-11)10-13(3)20-17(22)15-5-4-14(18)7-16(15)19/h4-5,7,11-13H,6,8-10H2,1-3H3,(H,20,22)/t11-,12-,13+/m1/s1. The van der Waals surface area contributed by atoms with E-state index in [4.69, 9.17) is 11.6 Å². The van der Waals surface area contributed by atoms with Gasteiger partial charge in [-0.1, -0.05) is 25.4 Å². The van der Waals surface area contributed by atoms with Crippen molar-refractivity contribution in [1.82, 2.24) is 10.2 Å². The van der Waals surface area contributed by atoms with Crippen molar-refractivity contribution in [1.29, 1.82) is 0 Å². The first kappa shape index (κ1) is 17.2. The number of nitrogens with one attached hydrogen (secondary N) is 1. The molecule has 1 aromatic rings. The van der Waals surface area contributed by atoms with Gasteiger partial charge in [0.2, 0.25) is 0 Å². The Morgan fingerprint density at radius 2 is 2.05 bits per heavy atom. The molecule has 1 N–H and O–H groups in total. The van der Waals surface area contributed by atoms with Crippen LogP contribution in [0.3, 0.4) is 0 Å². The van der Waals surface area contributed by atoms with E-state index < -0.39 is 5.82 Å². The fourth-order valence-corrected chi connectivity index (χ4v) is 3.51. The molecule has 1 aliphatic rings. The zero-order valence-electron chi connectivity index (χ0n) is 13.4. The monoisotopic (exact) mass is 326 g/mol. The second-order valence-electron chi connectivity index (χ2n) is 6.66. The molecule has 0 bridgehead atoms. The summed E-state index contributed by atoms with van der Waals surface area (Å²) < 4.78 is 13.8. The largest absolute Gasteiger partial charge is 0.348 e. The molecule has 0 radical (unpaired) electrons. The van der Waals surface area contributed by atoms with E-state index in [1.807, 2.05) is 6.92 Å². The van der Waals surface area contributed by atoms with Gasteiger partial charge in [0.05, 0.1) is 5.56 Å². The summed E-state index contributed by atoms with van der Waals surface area (Å²) in [6.07, 6.45) is 1.26. The van der Waals surface area contributed by atoms with Crippen LogP contribution < -0.4 is 5.32 Å². The van der Waals surface area contributed by atoms with Crippen LogP contribution in [0.15, 0.2) is 18.2 Å². The highest BCUT2D eigenvalue weighted by Gasteiger charge is 2.23. The zero-order chi connectivity index (χ0) is 16.3. The van der Waals surface area contributed by atoms with E-state index in [1.165, 1.54) is 18.6 Å². The van der Waals surface area contributed by atoms with Gasteiger partial charge in [0, 0.05) is 30.7 Å². The van der Waals surface area contributed by atoms with Crippen LogP contribution in [0.1, 0.15) is 37.6 Å². The van der Waals surface area contributed by atoms with Crippen molar-refractivity contribution in [2.75, 3.05) is 19.6 Å². The molecule has 1 fully saturated rings. The van der Waals surface area contributed by atoms with Gasteiger partial charge in [-0.25, -0.2) is 4.39 Å². The van der Waals surface area contributed by atoms with Gasteiger partial charge in [0.1, 0.15) is 5.82 Å². The van der Waals surface area contributed by atoms with Crippen molar-refractivity contribution in [3.63, 3.8) is 0 Å². The zero-order valence-corrected chi connectivity index (χ0v) is 14.2.